The maximum atomic E-state index is 13.7. The highest BCUT2D eigenvalue weighted by Gasteiger charge is 2.04. The lowest BCUT2D eigenvalue weighted by Crippen LogP contribution is -2.21. The highest BCUT2D eigenvalue weighted by atomic mass is 19.1. The first-order chi connectivity index (χ1) is 14.1. The Morgan fingerprint density at radius 1 is 1.17 bits per heavy atom. The van der Waals surface area contributed by atoms with E-state index in [0.717, 1.165) is 22.9 Å². The molecule has 0 aliphatic rings. The third-order valence-electron chi connectivity index (χ3n) is 3.98. The van der Waals surface area contributed by atoms with Gasteiger partial charge in [0.25, 0.3) is 0 Å². The van der Waals surface area contributed by atoms with Crippen LogP contribution in [0.25, 0.3) is 11.6 Å². The van der Waals surface area contributed by atoms with Gasteiger partial charge in [-0.2, -0.15) is 0 Å². The number of allylic oxidation sites excluding steroid dienone is 4. The number of nitrogens with one attached hydrogen (secondary N) is 1. The number of hydrogen-bond acceptors (Lipinski definition) is 3. The lowest BCUT2D eigenvalue weighted by molar-refractivity contribution is 0.570. The second kappa shape index (κ2) is 11.4. The number of amidine groups is 1. The van der Waals surface area contributed by atoms with E-state index in [9.17, 15) is 8.78 Å². The number of nitrogens with zero attached hydrogens (tertiary/aromatic N) is 3. The molecule has 2 aromatic rings. The van der Waals surface area contributed by atoms with E-state index in [1.54, 1.807) is 32.6 Å². The highest BCUT2D eigenvalue weighted by Crippen LogP contribution is 2.13. The zero-order chi connectivity index (χ0) is 21.1. The fourth-order valence-corrected chi connectivity index (χ4v) is 2.46. The van der Waals surface area contributed by atoms with E-state index < -0.39 is 11.6 Å². The van der Waals surface area contributed by atoms with Crippen LogP contribution in [-0.4, -0.2) is 31.1 Å². The molecule has 0 unspecified atom stereocenters. The number of aliphatic imine (C=N–C) groups is 2. The molecular weight excluding hydrogens is 370 g/mol. The van der Waals surface area contributed by atoms with Crippen LogP contribution in [0.2, 0.25) is 0 Å². The molecule has 0 radical (unpaired) electrons. The first-order valence-corrected chi connectivity index (χ1v) is 9.11. The molecule has 0 saturated carbocycles. The average Bonchev–Trinajstić information content (AvgIpc) is 2.73. The van der Waals surface area contributed by atoms with Crippen LogP contribution in [0, 0.1) is 11.6 Å². The summed E-state index contributed by atoms with van der Waals surface area (Å²) in [5, 5.41) is 3.02. The molecule has 0 amide bonds. The van der Waals surface area contributed by atoms with Crippen LogP contribution < -0.4 is 5.32 Å². The normalized spacial score (nSPS) is 13.1. The van der Waals surface area contributed by atoms with E-state index in [4.69, 9.17) is 0 Å². The van der Waals surface area contributed by atoms with Crippen molar-refractivity contribution in [3.63, 3.8) is 0 Å². The average molecular weight is 394 g/mol. The Kier molecular flexibility index (Phi) is 8.63. The quantitative estimate of drug-likeness (QED) is 0.415. The molecule has 0 atom stereocenters. The second-order valence-electron chi connectivity index (χ2n) is 6.04. The summed E-state index contributed by atoms with van der Waals surface area (Å²) < 4.78 is 26.7. The minimum atomic E-state index is -0.598. The minimum Gasteiger partial charge on any atom is -0.366 e. The summed E-state index contributed by atoms with van der Waals surface area (Å²) in [7, 11) is 3.36. The van der Waals surface area contributed by atoms with E-state index >= 15 is 0 Å². The van der Waals surface area contributed by atoms with Crippen molar-refractivity contribution in [2.24, 2.45) is 9.98 Å². The molecule has 0 spiro atoms. The van der Waals surface area contributed by atoms with Crippen LogP contribution in [0.15, 0.2) is 70.8 Å². The minimum absolute atomic E-state index is 0.199. The Hall–Kier alpha value is -3.41. The van der Waals surface area contributed by atoms with Crippen molar-refractivity contribution in [3.05, 3.63) is 89.3 Å². The maximum Gasteiger partial charge on any atom is 0.131 e. The fraction of sp³-hybridized carbons (Fsp3) is 0.174. The Morgan fingerprint density at radius 2 is 2.00 bits per heavy atom. The molecule has 4 nitrogen and oxygen atoms in total. The van der Waals surface area contributed by atoms with Gasteiger partial charge in [-0.15, -0.1) is 0 Å². The van der Waals surface area contributed by atoms with Gasteiger partial charge in [0.2, 0.25) is 0 Å². The van der Waals surface area contributed by atoms with Crippen molar-refractivity contribution in [2.75, 3.05) is 14.1 Å². The van der Waals surface area contributed by atoms with E-state index in [1.165, 1.54) is 12.1 Å². The monoisotopic (exact) mass is 394 g/mol. The molecule has 1 aromatic carbocycles. The van der Waals surface area contributed by atoms with Crippen molar-refractivity contribution >= 4 is 23.7 Å². The van der Waals surface area contributed by atoms with E-state index in [1.807, 2.05) is 43.4 Å². The number of rotatable bonds is 7. The molecule has 150 valence electrons. The Labute approximate surface area is 170 Å². The summed E-state index contributed by atoms with van der Waals surface area (Å²) in [4.78, 5) is 12.6. The van der Waals surface area contributed by atoms with Crippen LogP contribution in [0.3, 0.4) is 0 Å². The van der Waals surface area contributed by atoms with Crippen LogP contribution in [0.1, 0.15) is 23.7 Å². The second-order valence-corrected chi connectivity index (χ2v) is 6.04. The van der Waals surface area contributed by atoms with Crippen molar-refractivity contribution < 1.29 is 8.78 Å². The van der Waals surface area contributed by atoms with Gasteiger partial charge in [-0.05, 0) is 31.2 Å². The number of pyridine rings is 1. The molecule has 1 aromatic heterocycles. The van der Waals surface area contributed by atoms with Crippen molar-refractivity contribution in [3.8, 4) is 0 Å². The first kappa shape index (κ1) is 21.9. The predicted octanol–water partition coefficient (Wildman–Crippen LogP) is 4.85. The van der Waals surface area contributed by atoms with Gasteiger partial charge >= 0.3 is 0 Å². The number of halogens is 2. The van der Waals surface area contributed by atoms with Gasteiger partial charge < -0.3 is 5.32 Å². The van der Waals surface area contributed by atoms with Crippen LogP contribution >= 0.6 is 0 Å². The predicted molar refractivity (Wildman–Crippen MR) is 117 cm³/mol. The fourth-order valence-electron chi connectivity index (χ4n) is 2.46. The van der Waals surface area contributed by atoms with E-state index in [0.29, 0.717) is 11.4 Å². The SMILES string of the molecule is C/C=C\C=C(/C=NC)c1ccc(/C=C\C(=NC)NCc2ccc(F)cc2F)nc1. The largest absolute Gasteiger partial charge is 0.366 e. The molecule has 0 saturated heterocycles. The van der Waals surface area contributed by atoms with Gasteiger partial charge in [-0.3, -0.25) is 15.0 Å². The van der Waals surface area contributed by atoms with Gasteiger partial charge in [0.1, 0.15) is 17.5 Å². The third-order valence-corrected chi connectivity index (χ3v) is 3.98. The van der Waals surface area contributed by atoms with E-state index in [-0.39, 0.29) is 6.54 Å². The third kappa shape index (κ3) is 6.92. The summed E-state index contributed by atoms with van der Waals surface area (Å²) in [6, 6.07) is 7.36. The summed E-state index contributed by atoms with van der Waals surface area (Å²) in [5.74, 6) is -0.628. The Bertz CT molecular complexity index is 955. The van der Waals surface area contributed by atoms with Crippen molar-refractivity contribution in [1.29, 1.82) is 0 Å². The van der Waals surface area contributed by atoms with Crippen molar-refractivity contribution in [2.45, 2.75) is 13.5 Å². The van der Waals surface area contributed by atoms with E-state index in [2.05, 4.69) is 20.3 Å². The molecule has 0 bridgehead atoms. The zero-order valence-electron chi connectivity index (χ0n) is 16.7. The van der Waals surface area contributed by atoms with Gasteiger partial charge in [-0.1, -0.05) is 30.4 Å². The first-order valence-electron chi connectivity index (χ1n) is 9.11. The smallest absolute Gasteiger partial charge is 0.131 e. The summed E-state index contributed by atoms with van der Waals surface area (Å²) in [6.07, 6.45) is 13.0. The van der Waals surface area contributed by atoms with Gasteiger partial charge in [0.15, 0.2) is 0 Å². The summed E-state index contributed by atoms with van der Waals surface area (Å²) in [5.41, 5.74) is 3.04. The van der Waals surface area contributed by atoms with Gasteiger partial charge in [0.05, 0.1) is 5.69 Å². The van der Waals surface area contributed by atoms with Crippen LogP contribution in [-0.2, 0) is 6.54 Å². The molecule has 0 aliphatic heterocycles. The number of benzene rings is 1. The molecule has 2 rings (SSSR count). The summed E-state index contributed by atoms with van der Waals surface area (Å²) >= 11 is 0. The molecule has 0 aliphatic carbocycles. The van der Waals surface area contributed by atoms with Crippen LogP contribution in [0.4, 0.5) is 8.78 Å². The van der Waals surface area contributed by atoms with Crippen LogP contribution in [0.5, 0.6) is 0 Å². The highest BCUT2D eigenvalue weighted by molar-refractivity contribution is 6.10. The summed E-state index contributed by atoms with van der Waals surface area (Å²) in [6.45, 7) is 2.15. The molecule has 1 heterocycles. The standard InChI is InChI=1S/C23H24F2N4/c1-4-5-6-17(14-26-2)18-8-10-21(28-15-18)11-12-23(27-3)29-16-19-7-9-20(24)13-22(19)25/h4-15H,16H2,1-3H3,(H,27,29)/b5-4-,12-11-,17-6+,26-14?. The van der Waals surface area contributed by atoms with Gasteiger partial charge in [-0.25, -0.2) is 8.78 Å². The Balaban J connectivity index is 2.05. The topological polar surface area (TPSA) is 49.6 Å². The molecule has 0 fully saturated rings. The Morgan fingerprint density at radius 3 is 2.62 bits per heavy atom. The van der Waals surface area contributed by atoms with Crippen molar-refractivity contribution in [1.82, 2.24) is 10.3 Å². The number of hydrogen-bond donors (Lipinski definition) is 1. The lowest BCUT2D eigenvalue weighted by atomic mass is 10.1. The molecule has 1 N–H and O–H groups in total. The number of aromatic nitrogens is 1. The molecule has 29 heavy (non-hydrogen) atoms. The maximum absolute atomic E-state index is 13.7. The zero-order valence-corrected chi connectivity index (χ0v) is 16.7. The lowest BCUT2D eigenvalue weighted by Gasteiger charge is -2.07. The molecule has 6 heteroatoms. The van der Waals surface area contributed by atoms with Gasteiger partial charge in [0, 0.05) is 55.8 Å². The molecular formula is C23H24F2N4.